The number of aryl methyl sites for hydroxylation is 2. The third kappa shape index (κ3) is 3.78. The van der Waals surface area contributed by atoms with Crippen molar-refractivity contribution >= 4 is 11.8 Å². The van der Waals surface area contributed by atoms with Crippen molar-refractivity contribution in [3.05, 3.63) is 18.0 Å². The number of nitrogens with zero attached hydrogens (tertiary/aromatic N) is 6. The van der Waals surface area contributed by atoms with Gasteiger partial charge in [0.2, 0.25) is 5.16 Å². The largest absolute Gasteiger partial charge is 0.354 e. The Morgan fingerprint density at radius 2 is 2.15 bits per heavy atom. The van der Waals surface area contributed by atoms with Gasteiger partial charge in [0, 0.05) is 38.9 Å². The van der Waals surface area contributed by atoms with Crippen LogP contribution in [0.25, 0.3) is 0 Å². The van der Waals surface area contributed by atoms with Gasteiger partial charge in [-0.1, -0.05) is 11.8 Å². The number of thioether (sulfide) groups is 1. The lowest BCUT2D eigenvalue weighted by atomic mass is 10.3. The van der Waals surface area contributed by atoms with Crippen molar-refractivity contribution in [3.8, 4) is 0 Å². The molecule has 2 aromatic heterocycles. The third-order valence-corrected chi connectivity index (χ3v) is 3.82. The standard InChI is InChI=1S/C11H18N6O2S/c1-16-9(4-6-12-16)5-7-20-11-13-14-15-17(11)8-10(18-2)19-3/h4,6,10H,5,7-8H2,1-3H3. The minimum Gasteiger partial charge on any atom is -0.354 e. The normalized spacial score (nSPS) is 11.4. The van der Waals surface area contributed by atoms with Crippen molar-refractivity contribution in [2.45, 2.75) is 24.4 Å². The molecule has 2 aromatic rings. The summed E-state index contributed by atoms with van der Waals surface area (Å²) in [4.78, 5) is 0. The summed E-state index contributed by atoms with van der Waals surface area (Å²) in [7, 11) is 5.12. The van der Waals surface area contributed by atoms with Gasteiger partial charge in [-0.05, 0) is 22.9 Å². The first-order chi connectivity index (χ1) is 9.74. The second kappa shape index (κ2) is 7.36. The van der Waals surface area contributed by atoms with E-state index in [4.69, 9.17) is 9.47 Å². The molecular formula is C11H18N6O2S. The molecule has 0 unspecified atom stereocenters. The zero-order valence-corrected chi connectivity index (χ0v) is 12.6. The number of ether oxygens (including phenoxy) is 2. The molecule has 20 heavy (non-hydrogen) atoms. The molecule has 8 nitrogen and oxygen atoms in total. The number of aromatic nitrogens is 6. The molecule has 110 valence electrons. The van der Waals surface area contributed by atoms with E-state index in [1.807, 2.05) is 17.8 Å². The molecule has 0 aliphatic carbocycles. The van der Waals surface area contributed by atoms with E-state index in [0.717, 1.165) is 17.3 Å². The number of tetrazole rings is 1. The first kappa shape index (κ1) is 14.9. The third-order valence-electron chi connectivity index (χ3n) is 2.86. The quantitative estimate of drug-likeness (QED) is 0.514. The van der Waals surface area contributed by atoms with Crippen molar-refractivity contribution in [1.82, 2.24) is 30.0 Å². The molecule has 0 fully saturated rings. The van der Waals surface area contributed by atoms with E-state index < -0.39 is 0 Å². The van der Waals surface area contributed by atoms with Crippen molar-refractivity contribution < 1.29 is 9.47 Å². The zero-order chi connectivity index (χ0) is 14.4. The van der Waals surface area contributed by atoms with Gasteiger partial charge in [0.05, 0.1) is 6.54 Å². The number of rotatable bonds is 8. The molecular weight excluding hydrogens is 280 g/mol. The summed E-state index contributed by atoms with van der Waals surface area (Å²) in [6.45, 7) is 0.466. The number of hydrogen-bond acceptors (Lipinski definition) is 7. The molecule has 0 spiro atoms. The molecule has 0 aliphatic rings. The molecule has 0 aromatic carbocycles. The van der Waals surface area contributed by atoms with E-state index >= 15 is 0 Å². The molecule has 0 aliphatic heterocycles. The van der Waals surface area contributed by atoms with Crippen molar-refractivity contribution in [2.24, 2.45) is 7.05 Å². The average Bonchev–Trinajstić information content (AvgIpc) is 3.06. The lowest BCUT2D eigenvalue weighted by Crippen LogP contribution is -2.22. The molecule has 2 heterocycles. The topological polar surface area (TPSA) is 79.9 Å². The highest BCUT2D eigenvalue weighted by atomic mass is 32.2. The molecule has 0 N–H and O–H groups in total. The lowest BCUT2D eigenvalue weighted by molar-refractivity contribution is -0.113. The summed E-state index contributed by atoms with van der Waals surface area (Å²) in [5.74, 6) is 0.880. The lowest BCUT2D eigenvalue weighted by Gasteiger charge is -2.13. The van der Waals surface area contributed by atoms with Crippen LogP contribution in [0.4, 0.5) is 0 Å². The van der Waals surface area contributed by atoms with Gasteiger partial charge >= 0.3 is 0 Å². The molecule has 0 radical (unpaired) electrons. The maximum Gasteiger partial charge on any atom is 0.209 e. The molecule has 0 atom stereocenters. The smallest absolute Gasteiger partial charge is 0.209 e. The zero-order valence-electron chi connectivity index (χ0n) is 11.8. The van der Waals surface area contributed by atoms with Crippen LogP contribution in [0.3, 0.4) is 0 Å². The fourth-order valence-corrected chi connectivity index (χ4v) is 2.54. The highest BCUT2D eigenvalue weighted by Crippen LogP contribution is 2.16. The monoisotopic (exact) mass is 298 g/mol. The first-order valence-electron chi connectivity index (χ1n) is 6.16. The Morgan fingerprint density at radius 3 is 2.80 bits per heavy atom. The summed E-state index contributed by atoms with van der Waals surface area (Å²) in [5.41, 5.74) is 1.18. The van der Waals surface area contributed by atoms with Crippen LogP contribution in [0.15, 0.2) is 17.4 Å². The average molecular weight is 298 g/mol. The van der Waals surface area contributed by atoms with Gasteiger partial charge in [-0.3, -0.25) is 4.68 Å². The SMILES string of the molecule is COC(Cn1nnnc1SCCc1ccnn1C)OC. The van der Waals surface area contributed by atoms with Crippen molar-refractivity contribution in [1.29, 1.82) is 0 Å². The van der Waals surface area contributed by atoms with Crippen LogP contribution in [-0.2, 0) is 29.5 Å². The van der Waals surface area contributed by atoms with Crippen LogP contribution >= 0.6 is 11.8 Å². The van der Waals surface area contributed by atoms with E-state index in [1.165, 1.54) is 5.69 Å². The first-order valence-corrected chi connectivity index (χ1v) is 7.14. The Balaban J connectivity index is 1.87. The fourth-order valence-electron chi connectivity index (χ4n) is 1.69. The highest BCUT2D eigenvalue weighted by Gasteiger charge is 2.13. The van der Waals surface area contributed by atoms with E-state index in [1.54, 1.807) is 36.9 Å². The predicted molar refractivity (Wildman–Crippen MR) is 73.3 cm³/mol. The van der Waals surface area contributed by atoms with Crippen LogP contribution in [0.5, 0.6) is 0 Å². The molecule has 0 saturated carbocycles. The maximum atomic E-state index is 5.15. The fraction of sp³-hybridized carbons (Fsp3) is 0.636. The Kier molecular flexibility index (Phi) is 5.50. The predicted octanol–water partition coefficient (Wildman–Crippen LogP) is 0.360. The van der Waals surface area contributed by atoms with E-state index in [-0.39, 0.29) is 6.29 Å². The molecule has 0 amide bonds. The number of hydrogen-bond donors (Lipinski definition) is 0. The Bertz CT molecular complexity index is 524. The Morgan fingerprint density at radius 1 is 1.35 bits per heavy atom. The van der Waals surface area contributed by atoms with Crippen LogP contribution in [0, 0.1) is 0 Å². The van der Waals surface area contributed by atoms with Gasteiger partial charge in [-0.2, -0.15) is 5.10 Å². The molecule has 2 rings (SSSR count). The van der Waals surface area contributed by atoms with Crippen LogP contribution in [0.1, 0.15) is 5.69 Å². The van der Waals surface area contributed by atoms with Gasteiger partial charge in [-0.15, -0.1) is 5.10 Å². The minimum atomic E-state index is -0.352. The van der Waals surface area contributed by atoms with E-state index in [0.29, 0.717) is 6.54 Å². The summed E-state index contributed by atoms with van der Waals surface area (Å²) in [6.07, 6.45) is 2.35. The van der Waals surface area contributed by atoms with Gasteiger partial charge in [0.25, 0.3) is 0 Å². The van der Waals surface area contributed by atoms with Crippen LogP contribution in [-0.4, -0.2) is 56.3 Å². The summed E-state index contributed by atoms with van der Waals surface area (Å²) in [5, 5.41) is 16.5. The van der Waals surface area contributed by atoms with E-state index in [9.17, 15) is 0 Å². The second-order valence-electron chi connectivity index (χ2n) is 4.09. The van der Waals surface area contributed by atoms with Gasteiger partial charge < -0.3 is 9.47 Å². The Hall–Kier alpha value is -1.45. The van der Waals surface area contributed by atoms with Crippen molar-refractivity contribution in [3.63, 3.8) is 0 Å². The molecule has 0 bridgehead atoms. The van der Waals surface area contributed by atoms with E-state index in [2.05, 4.69) is 20.6 Å². The van der Waals surface area contributed by atoms with Gasteiger partial charge in [0.1, 0.15) is 0 Å². The van der Waals surface area contributed by atoms with Crippen molar-refractivity contribution in [2.75, 3.05) is 20.0 Å². The second-order valence-corrected chi connectivity index (χ2v) is 5.15. The summed E-state index contributed by atoms with van der Waals surface area (Å²) in [6, 6.07) is 2.01. The molecule has 0 saturated heterocycles. The van der Waals surface area contributed by atoms with Crippen LogP contribution < -0.4 is 0 Å². The summed E-state index contributed by atoms with van der Waals surface area (Å²) >= 11 is 1.60. The maximum absolute atomic E-state index is 5.15. The van der Waals surface area contributed by atoms with Crippen LogP contribution in [0.2, 0.25) is 0 Å². The van der Waals surface area contributed by atoms with Gasteiger partial charge in [0.15, 0.2) is 6.29 Å². The highest BCUT2D eigenvalue weighted by molar-refractivity contribution is 7.99. The Labute approximate surface area is 121 Å². The number of methoxy groups -OCH3 is 2. The summed E-state index contributed by atoms with van der Waals surface area (Å²) < 4.78 is 13.9. The minimum absolute atomic E-state index is 0.352. The molecule has 9 heteroatoms. The van der Waals surface area contributed by atoms with Gasteiger partial charge in [-0.25, -0.2) is 4.68 Å².